The van der Waals surface area contributed by atoms with Gasteiger partial charge >= 0.3 is 0 Å². The van der Waals surface area contributed by atoms with E-state index >= 15 is 0 Å². The highest BCUT2D eigenvalue weighted by Crippen LogP contribution is 2.12. The van der Waals surface area contributed by atoms with Crippen molar-refractivity contribution >= 4 is 11.7 Å². The predicted octanol–water partition coefficient (Wildman–Crippen LogP) is 1.73. The van der Waals surface area contributed by atoms with Gasteiger partial charge in [0, 0.05) is 13.0 Å². The summed E-state index contributed by atoms with van der Waals surface area (Å²) in [6, 6.07) is 7.88. The number of likely N-dealkylation sites (tertiary alicyclic amines) is 1. The summed E-state index contributed by atoms with van der Waals surface area (Å²) in [7, 11) is 0. The summed E-state index contributed by atoms with van der Waals surface area (Å²) < 4.78 is 0. The smallest absolute Gasteiger partial charge is 0.227 e. The van der Waals surface area contributed by atoms with Crippen LogP contribution in [0.4, 0.5) is 0 Å². The summed E-state index contributed by atoms with van der Waals surface area (Å²) in [5.41, 5.74) is 2.18. The van der Waals surface area contributed by atoms with Crippen LogP contribution in [0.3, 0.4) is 0 Å². The molecule has 1 fully saturated rings. The van der Waals surface area contributed by atoms with Crippen molar-refractivity contribution in [3.8, 4) is 0 Å². The van der Waals surface area contributed by atoms with Gasteiger partial charge in [-0.2, -0.15) is 0 Å². The summed E-state index contributed by atoms with van der Waals surface area (Å²) in [5.74, 6) is 0.238. The van der Waals surface area contributed by atoms with Crippen LogP contribution < -0.4 is 0 Å². The monoisotopic (exact) mass is 231 g/mol. The second-order valence-electron chi connectivity index (χ2n) is 4.56. The quantitative estimate of drug-likeness (QED) is 0.777. The Morgan fingerprint density at radius 1 is 1.35 bits per heavy atom. The first-order valence-corrected chi connectivity index (χ1v) is 6.01. The number of amides is 1. The number of piperidine rings is 1. The fourth-order valence-electron chi connectivity index (χ4n) is 2.13. The first kappa shape index (κ1) is 11.8. The Balaban J connectivity index is 2.02. The van der Waals surface area contributed by atoms with Crippen molar-refractivity contribution in [2.45, 2.75) is 26.2 Å². The molecule has 1 aliphatic rings. The molecule has 0 atom stereocenters. The zero-order valence-electron chi connectivity index (χ0n) is 10.1. The predicted molar refractivity (Wildman–Crippen MR) is 65.7 cm³/mol. The lowest BCUT2D eigenvalue weighted by molar-refractivity contribution is -0.137. The highest BCUT2D eigenvalue weighted by atomic mass is 16.2. The molecular formula is C14H17NO2. The topological polar surface area (TPSA) is 37.4 Å². The third-order valence-corrected chi connectivity index (χ3v) is 3.21. The molecule has 0 spiro atoms. The third-order valence-electron chi connectivity index (χ3n) is 3.21. The highest BCUT2D eigenvalue weighted by Gasteiger charge is 2.21. The molecule has 1 aromatic carbocycles. The fourth-order valence-corrected chi connectivity index (χ4v) is 2.13. The van der Waals surface area contributed by atoms with Gasteiger partial charge in [0.2, 0.25) is 5.91 Å². The lowest BCUT2D eigenvalue weighted by Crippen LogP contribution is -2.40. The Labute approximate surface area is 101 Å². The second kappa shape index (κ2) is 5.13. The van der Waals surface area contributed by atoms with Crippen LogP contribution in [0, 0.1) is 6.92 Å². The van der Waals surface area contributed by atoms with E-state index in [4.69, 9.17) is 0 Å². The van der Waals surface area contributed by atoms with Crippen LogP contribution >= 0.6 is 0 Å². The van der Waals surface area contributed by atoms with Crippen molar-refractivity contribution in [2.24, 2.45) is 0 Å². The maximum atomic E-state index is 12.0. The molecule has 1 aliphatic heterocycles. The molecule has 0 saturated carbocycles. The van der Waals surface area contributed by atoms with E-state index in [2.05, 4.69) is 0 Å². The molecule has 0 unspecified atom stereocenters. The van der Waals surface area contributed by atoms with E-state index < -0.39 is 0 Å². The molecule has 90 valence electrons. The minimum Gasteiger partial charge on any atom is -0.335 e. The van der Waals surface area contributed by atoms with Crippen LogP contribution in [0.2, 0.25) is 0 Å². The first-order valence-electron chi connectivity index (χ1n) is 6.01. The number of rotatable bonds is 2. The molecule has 1 saturated heterocycles. The molecule has 2 rings (SSSR count). The van der Waals surface area contributed by atoms with E-state index in [9.17, 15) is 9.59 Å². The lowest BCUT2D eigenvalue weighted by atomic mass is 10.0. The normalized spacial score (nSPS) is 16.1. The summed E-state index contributed by atoms with van der Waals surface area (Å²) in [6.45, 7) is 3.02. The van der Waals surface area contributed by atoms with Gasteiger partial charge in [-0.1, -0.05) is 24.3 Å². The Bertz CT molecular complexity index is 440. The van der Waals surface area contributed by atoms with Crippen LogP contribution in [0.5, 0.6) is 0 Å². The Morgan fingerprint density at radius 3 is 2.82 bits per heavy atom. The standard InChI is InChI=1S/C14H17NO2/c1-11-5-2-3-6-12(11)9-14(17)15-8-4-7-13(16)10-15/h2-3,5-6H,4,7-10H2,1H3. The highest BCUT2D eigenvalue weighted by molar-refractivity contribution is 5.88. The van der Waals surface area contributed by atoms with Gasteiger partial charge in [0.05, 0.1) is 13.0 Å². The number of carbonyl (C=O) groups is 2. The van der Waals surface area contributed by atoms with Crippen molar-refractivity contribution in [2.75, 3.05) is 13.1 Å². The van der Waals surface area contributed by atoms with E-state index in [1.807, 2.05) is 31.2 Å². The summed E-state index contributed by atoms with van der Waals surface area (Å²) >= 11 is 0. The van der Waals surface area contributed by atoms with Gasteiger partial charge in [0.15, 0.2) is 5.78 Å². The largest absolute Gasteiger partial charge is 0.335 e. The molecule has 3 nitrogen and oxygen atoms in total. The van der Waals surface area contributed by atoms with Gasteiger partial charge in [0.1, 0.15) is 0 Å². The average molecular weight is 231 g/mol. The van der Waals surface area contributed by atoms with Crippen LogP contribution in [0.15, 0.2) is 24.3 Å². The molecule has 0 bridgehead atoms. The number of benzene rings is 1. The number of ketones is 1. The van der Waals surface area contributed by atoms with E-state index in [1.165, 1.54) is 0 Å². The van der Waals surface area contributed by atoms with Gasteiger partial charge in [-0.15, -0.1) is 0 Å². The molecule has 0 radical (unpaired) electrons. The van der Waals surface area contributed by atoms with Crippen LogP contribution in [0.1, 0.15) is 24.0 Å². The SMILES string of the molecule is Cc1ccccc1CC(=O)N1CCCC(=O)C1. The second-order valence-corrected chi connectivity index (χ2v) is 4.56. The van der Waals surface area contributed by atoms with Crippen molar-refractivity contribution in [3.05, 3.63) is 35.4 Å². The summed E-state index contributed by atoms with van der Waals surface area (Å²) in [4.78, 5) is 25.0. The minimum absolute atomic E-state index is 0.0624. The summed E-state index contributed by atoms with van der Waals surface area (Å²) in [6.07, 6.45) is 1.83. The Kier molecular flexibility index (Phi) is 3.57. The van der Waals surface area contributed by atoms with Crippen LogP contribution in [0.25, 0.3) is 0 Å². The van der Waals surface area contributed by atoms with E-state index in [0.29, 0.717) is 19.4 Å². The molecule has 0 aliphatic carbocycles. The molecule has 1 heterocycles. The van der Waals surface area contributed by atoms with Gasteiger partial charge in [-0.25, -0.2) is 0 Å². The molecule has 0 N–H and O–H groups in total. The van der Waals surface area contributed by atoms with Gasteiger partial charge in [-0.3, -0.25) is 9.59 Å². The third kappa shape index (κ3) is 2.93. The molecule has 1 amide bonds. The van der Waals surface area contributed by atoms with E-state index in [1.54, 1.807) is 4.90 Å². The number of hydrogen-bond acceptors (Lipinski definition) is 2. The molecule has 3 heteroatoms. The molecule has 1 aromatic rings. The summed E-state index contributed by atoms with van der Waals surface area (Å²) in [5, 5.41) is 0. The number of nitrogens with zero attached hydrogens (tertiary/aromatic N) is 1. The van der Waals surface area contributed by atoms with Crippen LogP contribution in [-0.2, 0) is 16.0 Å². The maximum Gasteiger partial charge on any atom is 0.227 e. The zero-order valence-corrected chi connectivity index (χ0v) is 10.1. The van der Waals surface area contributed by atoms with Gasteiger partial charge in [-0.05, 0) is 24.5 Å². The van der Waals surface area contributed by atoms with Crippen LogP contribution in [-0.4, -0.2) is 29.7 Å². The average Bonchev–Trinajstić information content (AvgIpc) is 2.32. The van der Waals surface area contributed by atoms with Gasteiger partial charge in [0.25, 0.3) is 0 Å². The number of aryl methyl sites for hydroxylation is 1. The van der Waals surface area contributed by atoms with Gasteiger partial charge < -0.3 is 4.90 Å². The first-order chi connectivity index (χ1) is 8.16. The maximum absolute atomic E-state index is 12.0. The molecule has 17 heavy (non-hydrogen) atoms. The lowest BCUT2D eigenvalue weighted by Gasteiger charge is -2.26. The van der Waals surface area contributed by atoms with Crippen molar-refractivity contribution in [1.29, 1.82) is 0 Å². The Hall–Kier alpha value is -1.64. The van der Waals surface area contributed by atoms with Crippen molar-refractivity contribution in [3.63, 3.8) is 0 Å². The zero-order chi connectivity index (χ0) is 12.3. The fraction of sp³-hybridized carbons (Fsp3) is 0.429. The molecule has 0 aromatic heterocycles. The van der Waals surface area contributed by atoms with E-state index in [-0.39, 0.29) is 11.7 Å². The number of Topliss-reactive ketones (excluding diaryl/α,β-unsaturated/α-hetero) is 1. The van der Waals surface area contributed by atoms with Crippen molar-refractivity contribution in [1.82, 2.24) is 4.90 Å². The van der Waals surface area contributed by atoms with E-state index in [0.717, 1.165) is 24.1 Å². The minimum atomic E-state index is 0.0624. The number of hydrogen-bond donors (Lipinski definition) is 0. The molecular weight excluding hydrogens is 214 g/mol. The van der Waals surface area contributed by atoms with Crippen molar-refractivity contribution < 1.29 is 9.59 Å². The number of carbonyl (C=O) groups excluding carboxylic acids is 2. The Morgan fingerprint density at radius 2 is 2.12 bits per heavy atom.